The molecule has 0 radical (unpaired) electrons. The van der Waals surface area contributed by atoms with Crippen LogP contribution in [0.1, 0.15) is 18.1 Å². The van der Waals surface area contributed by atoms with Crippen LogP contribution < -0.4 is 0 Å². The maximum Gasteiger partial charge on any atom is 0.102 e. The highest BCUT2D eigenvalue weighted by Crippen LogP contribution is 2.41. The summed E-state index contributed by atoms with van der Waals surface area (Å²) in [6.07, 6.45) is 0. The predicted octanol–water partition coefficient (Wildman–Crippen LogP) is 3.33. The van der Waals surface area contributed by atoms with Gasteiger partial charge in [-0.05, 0) is 35.8 Å². The molecule has 3 heteroatoms. The summed E-state index contributed by atoms with van der Waals surface area (Å²) in [5, 5.41) is 10.6. The molecule has 1 aliphatic heterocycles. The molecule has 0 spiro atoms. The lowest BCUT2D eigenvalue weighted by Crippen LogP contribution is -2.32. The molecule has 0 bridgehead atoms. The number of thioether (sulfide) groups is 1. The molecule has 1 aliphatic rings. The van der Waals surface area contributed by atoms with Gasteiger partial charge in [-0.3, -0.25) is 0 Å². The van der Waals surface area contributed by atoms with E-state index in [1.807, 2.05) is 23.9 Å². The molecule has 1 aromatic carbocycles. The van der Waals surface area contributed by atoms with Gasteiger partial charge in [-0.25, -0.2) is 0 Å². The Morgan fingerprint density at radius 2 is 2.27 bits per heavy atom. The molecule has 15 heavy (non-hydrogen) atoms. The van der Waals surface area contributed by atoms with E-state index >= 15 is 0 Å². The van der Waals surface area contributed by atoms with Crippen LogP contribution in [0.15, 0.2) is 22.7 Å². The van der Waals surface area contributed by atoms with Crippen LogP contribution in [0, 0.1) is 12.8 Å². The Kier molecular flexibility index (Phi) is 3.15. The minimum Gasteiger partial charge on any atom is -0.384 e. The number of aliphatic hydroxyl groups is 1. The zero-order valence-corrected chi connectivity index (χ0v) is 11.4. The van der Waals surface area contributed by atoms with Crippen molar-refractivity contribution in [3.05, 3.63) is 33.8 Å². The Bertz CT molecular complexity index is 380. The van der Waals surface area contributed by atoms with Crippen molar-refractivity contribution >= 4 is 27.7 Å². The first-order valence-electron chi connectivity index (χ1n) is 5.11. The predicted molar refractivity (Wildman–Crippen MR) is 69.3 cm³/mol. The maximum absolute atomic E-state index is 10.6. The number of rotatable bonds is 1. The van der Waals surface area contributed by atoms with Gasteiger partial charge < -0.3 is 5.11 Å². The Morgan fingerprint density at radius 1 is 1.53 bits per heavy atom. The van der Waals surface area contributed by atoms with Crippen molar-refractivity contribution in [3.8, 4) is 0 Å². The summed E-state index contributed by atoms with van der Waals surface area (Å²) in [4.78, 5) is 0. The van der Waals surface area contributed by atoms with Gasteiger partial charge in [0.1, 0.15) is 5.60 Å². The third-order valence-electron chi connectivity index (χ3n) is 3.16. The van der Waals surface area contributed by atoms with Gasteiger partial charge in [-0.15, -0.1) is 0 Å². The van der Waals surface area contributed by atoms with E-state index in [2.05, 4.69) is 35.8 Å². The van der Waals surface area contributed by atoms with Crippen LogP contribution in [-0.4, -0.2) is 16.6 Å². The molecule has 0 aliphatic carbocycles. The van der Waals surface area contributed by atoms with Crippen molar-refractivity contribution in [3.63, 3.8) is 0 Å². The van der Waals surface area contributed by atoms with Crippen LogP contribution in [0.5, 0.6) is 0 Å². The number of hydrogen-bond acceptors (Lipinski definition) is 2. The first kappa shape index (κ1) is 11.5. The SMILES string of the molecule is Cc1cc([C@@]2(O)CSC[C@H]2C)ccc1Br. The molecule has 1 nitrogen and oxygen atoms in total. The standard InChI is InChI=1S/C12H15BrOS/c1-8-5-10(3-4-11(8)13)12(14)7-15-6-9(12)2/h3-5,9,14H,6-7H2,1-2H3/t9-,12-/m1/s1. The molecule has 1 fully saturated rings. The Morgan fingerprint density at radius 3 is 2.80 bits per heavy atom. The van der Waals surface area contributed by atoms with Gasteiger partial charge in [0.15, 0.2) is 0 Å². The highest BCUT2D eigenvalue weighted by molar-refractivity contribution is 9.10. The van der Waals surface area contributed by atoms with E-state index in [-0.39, 0.29) is 0 Å². The number of aryl methyl sites for hydroxylation is 1. The fourth-order valence-electron chi connectivity index (χ4n) is 1.95. The van der Waals surface area contributed by atoms with E-state index in [0.717, 1.165) is 21.5 Å². The van der Waals surface area contributed by atoms with Crippen LogP contribution in [-0.2, 0) is 5.60 Å². The van der Waals surface area contributed by atoms with E-state index in [1.165, 1.54) is 5.56 Å². The zero-order chi connectivity index (χ0) is 11.1. The second-order valence-electron chi connectivity index (χ2n) is 4.30. The van der Waals surface area contributed by atoms with E-state index in [0.29, 0.717) is 5.92 Å². The molecule has 2 atom stereocenters. The third kappa shape index (κ3) is 1.97. The van der Waals surface area contributed by atoms with Crippen molar-refractivity contribution in [2.24, 2.45) is 5.92 Å². The van der Waals surface area contributed by atoms with Crippen LogP contribution in [0.4, 0.5) is 0 Å². The Labute approximate surface area is 103 Å². The lowest BCUT2D eigenvalue weighted by molar-refractivity contribution is 0.0234. The van der Waals surface area contributed by atoms with Crippen molar-refractivity contribution in [2.45, 2.75) is 19.4 Å². The van der Waals surface area contributed by atoms with Gasteiger partial charge in [-0.2, -0.15) is 11.8 Å². The van der Waals surface area contributed by atoms with Gasteiger partial charge in [0.05, 0.1) is 0 Å². The fraction of sp³-hybridized carbons (Fsp3) is 0.500. The highest BCUT2D eigenvalue weighted by atomic mass is 79.9. The normalized spacial score (nSPS) is 30.8. The number of benzene rings is 1. The maximum atomic E-state index is 10.6. The van der Waals surface area contributed by atoms with Crippen LogP contribution >= 0.6 is 27.7 Å². The average Bonchev–Trinajstić information content (AvgIpc) is 2.53. The molecule has 0 amide bonds. The number of halogens is 1. The molecule has 0 aromatic heterocycles. The van der Waals surface area contributed by atoms with E-state index in [1.54, 1.807) is 0 Å². The molecule has 1 heterocycles. The van der Waals surface area contributed by atoms with Crippen molar-refractivity contribution in [2.75, 3.05) is 11.5 Å². The summed E-state index contributed by atoms with van der Waals surface area (Å²) >= 11 is 5.32. The molecular formula is C12H15BrOS. The zero-order valence-electron chi connectivity index (χ0n) is 8.96. The van der Waals surface area contributed by atoms with Crippen LogP contribution in [0.2, 0.25) is 0 Å². The van der Waals surface area contributed by atoms with Gasteiger partial charge in [0.25, 0.3) is 0 Å². The van der Waals surface area contributed by atoms with Crippen molar-refractivity contribution in [1.82, 2.24) is 0 Å². The highest BCUT2D eigenvalue weighted by Gasteiger charge is 2.40. The molecule has 0 saturated carbocycles. The Balaban J connectivity index is 2.40. The lowest BCUT2D eigenvalue weighted by Gasteiger charge is -2.27. The topological polar surface area (TPSA) is 20.2 Å². The lowest BCUT2D eigenvalue weighted by atomic mass is 9.85. The summed E-state index contributed by atoms with van der Waals surface area (Å²) in [5.74, 6) is 2.20. The summed E-state index contributed by atoms with van der Waals surface area (Å²) in [5.41, 5.74) is 1.61. The molecule has 0 unspecified atom stereocenters. The minimum atomic E-state index is -0.629. The summed E-state index contributed by atoms with van der Waals surface area (Å²) < 4.78 is 1.10. The smallest absolute Gasteiger partial charge is 0.102 e. The van der Waals surface area contributed by atoms with Crippen LogP contribution in [0.25, 0.3) is 0 Å². The molecule has 1 saturated heterocycles. The van der Waals surface area contributed by atoms with Gasteiger partial charge in [0, 0.05) is 10.2 Å². The fourth-order valence-corrected chi connectivity index (χ4v) is 3.71. The van der Waals surface area contributed by atoms with Gasteiger partial charge >= 0.3 is 0 Å². The molecule has 1 aromatic rings. The molecular weight excluding hydrogens is 272 g/mol. The monoisotopic (exact) mass is 286 g/mol. The molecule has 82 valence electrons. The van der Waals surface area contributed by atoms with Gasteiger partial charge in [0.2, 0.25) is 0 Å². The second-order valence-corrected chi connectivity index (χ2v) is 6.19. The minimum absolute atomic E-state index is 0.336. The van der Waals surface area contributed by atoms with Gasteiger partial charge in [-0.1, -0.05) is 35.0 Å². The van der Waals surface area contributed by atoms with Crippen LogP contribution in [0.3, 0.4) is 0 Å². The second kappa shape index (κ2) is 4.11. The summed E-state index contributed by atoms with van der Waals surface area (Å²) in [6, 6.07) is 6.14. The quantitative estimate of drug-likeness (QED) is 0.855. The summed E-state index contributed by atoms with van der Waals surface area (Å²) in [7, 11) is 0. The van der Waals surface area contributed by atoms with Crippen molar-refractivity contribution in [1.29, 1.82) is 0 Å². The first-order valence-corrected chi connectivity index (χ1v) is 7.05. The molecule has 2 rings (SSSR count). The van der Waals surface area contributed by atoms with E-state index in [9.17, 15) is 5.11 Å². The third-order valence-corrected chi connectivity index (χ3v) is 5.43. The first-order chi connectivity index (χ1) is 7.04. The largest absolute Gasteiger partial charge is 0.384 e. The molecule has 1 N–H and O–H groups in total. The van der Waals surface area contributed by atoms with Crippen molar-refractivity contribution < 1.29 is 5.11 Å². The Hall–Kier alpha value is 0.01000. The van der Waals surface area contributed by atoms with E-state index in [4.69, 9.17) is 0 Å². The van der Waals surface area contributed by atoms with E-state index < -0.39 is 5.60 Å². The number of hydrogen-bond donors (Lipinski definition) is 1. The average molecular weight is 287 g/mol. The summed E-state index contributed by atoms with van der Waals surface area (Å²) in [6.45, 7) is 4.18.